The van der Waals surface area contributed by atoms with Crippen LogP contribution in [-0.2, 0) is 4.79 Å². The van der Waals surface area contributed by atoms with Gasteiger partial charge in [-0.3, -0.25) is 4.79 Å². The second-order valence-corrected chi connectivity index (χ2v) is 1.78. The van der Waals surface area contributed by atoms with Crippen molar-refractivity contribution in [3.63, 3.8) is 0 Å². The number of carbonyl (C=O) groups is 1. The monoisotopic (exact) mass is 125 g/mol. The number of carbonyl (C=O) groups excluding carboxylic acids is 1. The topological polar surface area (TPSA) is 43.1 Å². The number of allylic oxidation sites excluding steroid dienone is 2. The van der Waals surface area contributed by atoms with Gasteiger partial charge >= 0.3 is 0 Å². The third-order valence-corrected chi connectivity index (χ3v) is 0.826. The molecule has 0 rings (SSSR count). The molecule has 0 fully saturated rings. The summed E-state index contributed by atoms with van der Waals surface area (Å²) >= 11 is 0. The normalized spacial score (nSPS) is 10.0. The van der Waals surface area contributed by atoms with Crippen molar-refractivity contribution in [2.45, 2.75) is 6.92 Å². The lowest BCUT2D eigenvalue weighted by atomic mass is 10.2. The number of hydrogen-bond acceptors (Lipinski definition) is 2. The molecule has 9 heavy (non-hydrogen) atoms. The zero-order valence-electron chi connectivity index (χ0n) is 5.55. The first kappa shape index (κ1) is 8.11. The molecular weight excluding hydrogens is 114 g/mol. The molecule has 0 aromatic carbocycles. The van der Waals surface area contributed by atoms with Gasteiger partial charge in [-0.25, -0.2) is 0 Å². The van der Waals surface area contributed by atoms with Gasteiger partial charge in [-0.1, -0.05) is 12.7 Å². The zero-order valence-corrected chi connectivity index (χ0v) is 5.55. The molecule has 50 valence electrons. The molecule has 0 atom stereocenters. The third-order valence-electron chi connectivity index (χ3n) is 0.826. The van der Waals surface area contributed by atoms with Crippen molar-refractivity contribution in [1.29, 1.82) is 0 Å². The van der Waals surface area contributed by atoms with Crippen LogP contribution in [0.5, 0.6) is 0 Å². The van der Waals surface area contributed by atoms with Crippen LogP contribution in [0, 0.1) is 0 Å². The highest BCUT2D eigenvalue weighted by atomic mass is 16.1. The first-order chi connectivity index (χ1) is 4.18. The molecular formula is C7H11NO. The fourth-order valence-electron chi connectivity index (χ4n) is 0.317. The molecule has 2 heteroatoms. The van der Waals surface area contributed by atoms with Crippen molar-refractivity contribution in [3.05, 3.63) is 24.3 Å². The highest BCUT2D eigenvalue weighted by molar-refractivity contribution is 6.02. The maximum absolute atomic E-state index is 10.7. The summed E-state index contributed by atoms with van der Waals surface area (Å²) < 4.78 is 0. The van der Waals surface area contributed by atoms with E-state index in [1.165, 1.54) is 6.08 Å². The zero-order chi connectivity index (χ0) is 7.28. The van der Waals surface area contributed by atoms with Gasteiger partial charge in [-0.05, 0) is 18.6 Å². The van der Waals surface area contributed by atoms with Gasteiger partial charge in [-0.15, -0.1) is 0 Å². The number of rotatable bonds is 3. The van der Waals surface area contributed by atoms with Crippen molar-refractivity contribution in [2.75, 3.05) is 6.54 Å². The molecule has 0 aliphatic rings. The van der Waals surface area contributed by atoms with E-state index in [1.54, 1.807) is 13.0 Å². The van der Waals surface area contributed by atoms with E-state index in [-0.39, 0.29) is 5.78 Å². The maximum atomic E-state index is 10.7. The lowest BCUT2D eigenvalue weighted by molar-refractivity contribution is -0.111. The minimum Gasteiger partial charge on any atom is -0.327 e. The van der Waals surface area contributed by atoms with Crippen LogP contribution in [-0.4, -0.2) is 12.3 Å². The third kappa shape index (κ3) is 3.67. The second-order valence-electron chi connectivity index (χ2n) is 1.78. The summed E-state index contributed by atoms with van der Waals surface area (Å²) in [4.78, 5) is 10.7. The Balaban J connectivity index is 3.77. The van der Waals surface area contributed by atoms with Crippen LogP contribution >= 0.6 is 0 Å². The van der Waals surface area contributed by atoms with Gasteiger partial charge in [-0.2, -0.15) is 0 Å². The van der Waals surface area contributed by atoms with E-state index in [4.69, 9.17) is 5.73 Å². The molecule has 0 saturated carbocycles. The summed E-state index contributed by atoms with van der Waals surface area (Å²) in [6, 6.07) is 0. The average molecular weight is 125 g/mol. The summed E-state index contributed by atoms with van der Waals surface area (Å²) in [5.41, 5.74) is 5.65. The summed E-state index contributed by atoms with van der Waals surface area (Å²) in [5, 5.41) is 0. The van der Waals surface area contributed by atoms with Crippen LogP contribution in [0.1, 0.15) is 6.92 Å². The van der Waals surface area contributed by atoms with Crippen molar-refractivity contribution >= 4 is 5.78 Å². The highest BCUT2D eigenvalue weighted by Crippen LogP contribution is 1.89. The fraction of sp³-hybridized carbons (Fsp3) is 0.286. The Hall–Kier alpha value is -0.890. The van der Waals surface area contributed by atoms with Crippen molar-refractivity contribution in [3.8, 4) is 0 Å². The van der Waals surface area contributed by atoms with E-state index >= 15 is 0 Å². The van der Waals surface area contributed by atoms with Gasteiger partial charge in [0.2, 0.25) is 0 Å². The Morgan fingerprint density at radius 1 is 1.78 bits per heavy atom. The van der Waals surface area contributed by atoms with Gasteiger partial charge in [0, 0.05) is 6.54 Å². The SMILES string of the molecule is C=C(C)C(=O)/C=C/CN. The average Bonchev–Trinajstić information content (AvgIpc) is 1.82. The Morgan fingerprint density at radius 2 is 2.33 bits per heavy atom. The highest BCUT2D eigenvalue weighted by Gasteiger charge is 1.92. The molecule has 0 aliphatic carbocycles. The van der Waals surface area contributed by atoms with E-state index in [1.807, 2.05) is 0 Å². The lowest BCUT2D eigenvalue weighted by Crippen LogP contribution is -1.97. The quantitative estimate of drug-likeness (QED) is 0.563. The summed E-state index contributed by atoms with van der Waals surface area (Å²) in [7, 11) is 0. The van der Waals surface area contributed by atoms with Crippen LogP contribution in [0.4, 0.5) is 0 Å². The van der Waals surface area contributed by atoms with E-state index in [0.717, 1.165) is 0 Å². The molecule has 0 bridgehead atoms. The second kappa shape index (κ2) is 4.04. The van der Waals surface area contributed by atoms with Gasteiger partial charge in [0.1, 0.15) is 0 Å². The Labute approximate surface area is 55.1 Å². The first-order valence-corrected chi connectivity index (χ1v) is 2.75. The molecule has 0 heterocycles. The van der Waals surface area contributed by atoms with E-state index in [2.05, 4.69) is 6.58 Å². The predicted molar refractivity (Wildman–Crippen MR) is 38.0 cm³/mol. The molecule has 0 aromatic heterocycles. The predicted octanol–water partition coefficient (Wildman–Crippen LogP) is 0.647. The number of hydrogen-bond donors (Lipinski definition) is 1. The van der Waals surface area contributed by atoms with Gasteiger partial charge < -0.3 is 5.73 Å². The number of nitrogens with two attached hydrogens (primary N) is 1. The summed E-state index contributed by atoms with van der Waals surface area (Å²) in [5.74, 6) is -0.0551. The molecule has 0 radical (unpaired) electrons. The smallest absolute Gasteiger partial charge is 0.180 e. The van der Waals surface area contributed by atoms with Gasteiger partial charge in [0.25, 0.3) is 0 Å². The Morgan fingerprint density at radius 3 is 2.67 bits per heavy atom. The van der Waals surface area contributed by atoms with Crippen LogP contribution in [0.2, 0.25) is 0 Å². The fourth-order valence-corrected chi connectivity index (χ4v) is 0.317. The molecule has 0 spiro atoms. The van der Waals surface area contributed by atoms with Gasteiger partial charge in [0.15, 0.2) is 5.78 Å². The van der Waals surface area contributed by atoms with E-state index < -0.39 is 0 Å². The van der Waals surface area contributed by atoms with Crippen LogP contribution < -0.4 is 5.73 Å². The molecule has 0 aromatic rings. The molecule has 0 unspecified atom stereocenters. The van der Waals surface area contributed by atoms with Crippen LogP contribution in [0.3, 0.4) is 0 Å². The van der Waals surface area contributed by atoms with Crippen molar-refractivity contribution in [1.82, 2.24) is 0 Å². The standard InChI is InChI=1S/C7H11NO/c1-6(2)7(9)4-3-5-8/h3-4H,1,5,8H2,2H3/b4-3+. The molecule has 0 aliphatic heterocycles. The molecule has 0 saturated heterocycles. The first-order valence-electron chi connectivity index (χ1n) is 2.75. The minimum atomic E-state index is -0.0551. The molecule has 0 amide bonds. The Bertz CT molecular complexity index is 147. The summed E-state index contributed by atoms with van der Waals surface area (Å²) in [6.07, 6.45) is 3.04. The van der Waals surface area contributed by atoms with Crippen LogP contribution in [0.25, 0.3) is 0 Å². The van der Waals surface area contributed by atoms with Crippen molar-refractivity contribution < 1.29 is 4.79 Å². The van der Waals surface area contributed by atoms with E-state index in [9.17, 15) is 4.79 Å². The van der Waals surface area contributed by atoms with Crippen LogP contribution in [0.15, 0.2) is 24.3 Å². The van der Waals surface area contributed by atoms with E-state index in [0.29, 0.717) is 12.1 Å². The van der Waals surface area contributed by atoms with Gasteiger partial charge in [0.05, 0.1) is 0 Å². The number of ketones is 1. The maximum Gasteiger partial charge on any atom is 0.180 e. The minimum absolute atomic E-state index is 0.0551. The molecule has 2 N–H and O–H groups in total. The lowest BCUT2D eigenvalue weighted by Gasteiger charge is -1.86. The van der Waals surface area contributed by atoms with Crippen molar-refractivity contribution in [2.24, 2.45) is 5.73 Å². The summed E-state index contributed by atoms with van der Waals surface area (Å²) in [6.45, 7) is 5.54. The molecule has 2 nitrogen and oxygen atoms in total. The Kier molecular flexibility index (Phi) is 3.64. The largest absolute Gasteiger partial charge is 0.327 e.